The number of rotatable bonds is 6. The summed E-state index contributed by atoms with van der Waals surface area (Å²) >= 11 is 0. The molecule has 0 radical (unpaired) electrons. The van der Waals surface area contributed by atoms with Gasteiger partial charge in [-0.2, -0.15) is 0 Å². The van der Waals surface area contributed by atoms with E-state index in [1.165, 1.54) is 19.3 Å². The van der Waals surface area contributed by atoms with E-state index in [0.717, 1.165) is 30.3 Å². The molecule has 4 saturated carbocycles. The summed E-state index contributed by atoms with van der Waals surface area (Å²) < 4.78 is 0. The molecular formula is C17H31N. The molecule has 0 aromatic rings. The summed E-state index contributed by atoms with van der Waals surface area (Å²) in [4.78, 5) is 0. The van der Waals surface area contributed by atoms with Crippen molar-refractivity contribution in [3.8, 4) is 0 Å². The lowest BCUT2D eigenvalue weighted by Gasteiger charge is -2.59. The zero-order valence-corrected chi connectivity index (χ0v) is 12.4. The van der Waals surface area contributed by atoms with E-state index < -0.39 is 0 Å². The van der Waals surface area contributed by atoms with Crippen molar-refractivity contribution in [1.29, 1.82) is 0 Å². The minimum Gasteiger partial charge on any atom is -0.314 e. The minimum absolute atomic E-state index is 0.708. The fourth-order valence-corrected chi connectivity index (χ4v) is 5.88. The Balaban J connectivity index is 1.75. The predicted octanol–water partition coefficient (Wildman–Crippen LogP) is 4.37. The second-order valence-electron chi connectivity index (χ2n) is 7.53. The molecule has 1 atom stereocenters. The van der Waals surface area contributed by atoms with Crippen LogP contribution < -0.4 is 5.32 Å². The Morgan fingerprint density at radius 2 is 1.56 bits per heavy atom. The Morgan fingerprint density at radius 1 is 1.00 bits per heavy atom. The van der Waals surface area contributed by atoms with Crippen molar-refractivity contribution < 1.29 is 0 Å². The quantitative estimate of drug-likeness (QED) is 0.737. The molecule has 0 amide bonds. The molecule has 4 aliphatic carbocycles. The van der Waals surface area contributed by atoms with Crippen LogP contribution in [0, 0.1) is 23.2 Å². The van der Waals surface area contributed by atoms with Gasteiger partial charge in [0.05, 0.1) is 0 Å². The average Bonchev–Trinajstić information content (AvgIpc) is 2.32. The van der Waals surface area contributed by atoms with Gasteiger partial charge in [0.2, 0.25) is 0 Å². The summed E-state index contributed by atoms with van der Waals surface area (Å²) in [5.41, 5.74) is 0.708. The first kappa shape index (κ1) is 13.0. The standard InChI is InChI=1S/C17H31N/c1-3-5-6-16(18-4-2)17-10-13-7-14(11-17)9-15(8-13)12-17/h13-16,18H,3-12H2,1-2H3. The molecule has 4 rings (SSSR count). The zero-order chi connectivity index (χ0) is 12.6. The molecule has 1 unspecified atom stereocenters. The SMILES string of the molecule is CCCCC(NCC)C12CC3CC(CC(C3)C1)C2. The molecule has 4 bridgehead atoms. The van der Waals surface area contributed by atoms with Crippen LogP contribution in [0.4, 0.5) is 0 Å². The summed E-state index contributed by atoms with van der Waals surface area (Å²) in [6.07, 6.45) is 13.6. The summed E-state index contributed by atoms with van der Waals surface area (Å²) in [5.74, 6) is 3.29. The van der Waals surface area contributed by atoms with Crippen LogP contribution in [-0.2, 0) is 0 Å². The van der Waals surface area contributed by atoms with Crippen molar-refractivity contribution in [3.05, 3.63) is 0 Å². The molecule has 0 aromatic carbocycles. The van der Waals surface area contributed by atoms with Crippen LogP contribution in [0.3, 0.4) is 0 Å². The number of nitrogens with one attached hydrogen (secondary N) is 1. The van der Waals surface area contributed by atoms with Crippen molar-refractivity contribution in [1.82, 2.24) is 5.32 Å². The van der Waals surface area contributed by atoms with Gasteiger partial charge >= 0.3 is 0 Å². The van der Waals surface area contributed by atoms with Gasteiger partial charge in [-0.05, 0) is 74.7 Å². The van der Waals surface area contributed by atoms with Crippen LogP contribution in [0.1, 0.15) is 71.6 Å². The zero-order valence-electron chi connectivity index (χ0n) is 12.4. The van der Waals surface area contributed by atoms with Crippen LogP contribution in [0.15, 0.2) is 0 Å². The van der Waals surface area contributed by atoms with Gasteiger partial charge in [-0.1, -0.05) is 26.7 Å². The van der Waals surface area contributed by atoms with Gasteiger partial charge in [-0.15, -0.1) is 0 Å². The number of hydrogen-bond acceptors (Lipinski definition) is 1. The van der Waals surface area contributed by atoms with Gasteiger partial charge in [-0.3, -0.25) is 0 Å². The van der Waals surface area contributed by atoms with Gasteiger partial charge in [0.25, 0.3) is 0 Å². The maximum absolute atomic E-state index is 3.87. The van der Waals surface area contributed by atoms with E-state index in [0.29, 0.717) is 5.41 Å². The van der Waals surface area contributed by atoms with E-state index in [2.05, 4.69) is 19.2 Å². The minimum atomic E-state index is 0.708. The Labute approximate surface area is 113 Å². The summed E-state index contributed by atoms with van der Waals surface area (Å²) in [7, 11) is 0. The predicted molar refractivity (Wildman–Crippen MR) is 77.6 cm³/mol. The molecule has 0 saturated heterocycles. The first-order valence-electron chi connectivity index (χ1n) is 8.49. The first-order valence-corrected chi connectivity index (χ1v) is 8.49. The third kappa shape index (κ3) is 2.24. The second kappa shape index (κ2) is 5.15. The fraction of sp³-hybridized carbons (Fsp3) is 1.00. The van der Waals surface area contributed by atoms with Crippen LogP contribution in [0.25, 0.3) is 0 Å². The van der Waals surface area contributed by atoms with E-state index in [-0.39, 0.29) is 0 Å². The Bertz CT molecular complexity index is 248. The highest BCUT2D eigenvalue weighted by Crippen LogP contribution is 2.61. The highest BCUT2D eigenvalue weighted by Gasteiger charge is 2.53. The number of hydrogen-bond donors (Lipinski definition) is 1. The molecule has 1 heteroatoms. The molecular weight excluding hydrogens is 218 g/mol. The van der Waals surface area contributed by atoms with Crippen LogP contribution in [-0.4, -0.2) is 12.6 Å². The largest absolute Gasteiger partial charge is 0.314 e. The summed E-state index contributed by atoms with van der Waals surface area (Å²) in [5, 5.41) is 3.87. The lowest BCUT2D eigenvalue weighted by Crippen LogP contribution is -2.55. The Morgan fingerprint density at radius 3 is 2.00 bits per heavy atom. The van der Waals surface area contributed by atoms with Crippen LogP contribution in [0.5, 0.6) is 0 Å². The molecule has 0 aliphatic heterocycles. The van der Waals surface area contributed by atoms with E-state index in [4.69, 9.17) is 0 Å². The maximum atomic E-state index is 3.87. The van der Waals surface area contributed by atoms with E-state index >= 15 is 0 Å². The number of unbranched alkanes of at least 4 members (excludes halogenated alkanes) is 1. The molecule has 1 N–H and O–H groups in total. The van der Waals surface area contributed by atoms with Gasteiger partial charge in [0, 0.05) is 6.04 Å². The van der Waals surface area contributed by atoms with E-state index in [9.17, 15) is 0 Å². The normalized spacial score (nSPS) is 43.3. The van der Waals surface area contributed by atoms with Gasteiger partial charge < -0.3 is 5.32 Å². The van der Waals surface area contributed by atoms with Crippen molar-refractivity contribution in [2.24, 2.45) is 23.2 Å². The van der Waals surface area contributed by atoms with Crippen molar-refractivity contribution in [3.63, 3.8) is 0 Å². The fourth-order valence-electron chi connectivity index (χ4n) is 5.88. The molecule has 0 spiro atoms. The van der Waals surface area contributed by atoms with E-state index in [1.807, 2.05) is 0 Å². The van der Waals surface area contributed by atoms with Crippen LogP contribution in [0.2, 0.25) is 0 Å². The summed E-state index contributed by atoms with van der Waals surface area (Å²) in [6, 6.07) is 0.829. The molecule has 1 nitrogen and oxygen atoms in total. The van der Waals surface area contributed by atoms with Gasteiger partial charge in [0.1, 0.15) is 0 Å². The molecule has 104 valence electrons. The van der Waals surface area contributed by atoms with Gasteiger partial charge in [-0.25, -0.2) is 0 Å². The van der Waals surface area contributed by atoms with Crippen LogP contribution >= 0.6 is 0 Å². The Hall–Kier alpha value is -0.0400. The Kier molecular flexibility index (Phi) is 3.71. The smallest absolute Gasteiger partial charge is 0.0124 e. The molecule has 0 aromatic heterocycles. The highest BCUT2D eigenvalue weighted by molar-refractivity contribution is 5.06. The van der Waals surface area contributed by atoms with Crippen molar-refractivity contribution in [2.45, 2.75) is 77.7 Å². The second-order valence-corrected chi connectivity index (χ2v) is 7.53. The van der Waals surface area contributed by atoms with E-state index in [1.54, 1.807) is 38.5 Å². The monoisotopic (exact) mass is 249 g/mol. The lowest BCUT2D eigenvalue weighted by atomic mass is 9.47. The molecule has 0 heterocycles. The van der Waals surface area contributed by atoms with Gasteiger partial charge in [0.15, 0.2) is 0 Å². The molecule has 18 heavy (non-hydrogen) atoms. The first-order chi connectivity index (χ1) is 8.75. The lowest BCUT2D eigenvalue weighted by molar-refractivity contribution is -0.0752. The third-order valence-corrected chi connectivity index (χ3v) is 6.12. The molecule has 4 aliphatic rings. The maximum Gasteiger partial charge on any atom is 0.0124 e. The van der Waals surface area contributed by atoms with Crippen molar-refractivity contribution >= 4 is 0 Å². The molecule has 4 fully saturated rings. The summed E-state index contributed by atoms with van der Waals surface area (Å²) in [6.45, 7) is 5.79. The topological polar surface area (TPSA) is 12.0 Å². The highest BCUT2D eigenvalue weighted by atomic mass is 14.9. The average molecular weight is 249 g/mol. The van der Waals surface area contributed by atoms with Crippen molar-refractivity contribution in [2.75, 3.05) is 6.54 Å². The third-order valence-electron chi connectivity index (χ3n) is 6.12.